The highest BCUT2D eigenvalue weighted by Crippen LogP contribution is 2.25. The molecule has 0 fully saturated rings. The molecular weight excluding hydrogens is 250 g/mol. The molecule has 1 heterocycles. The molecule has 2 aromatic rings. The maximum Gasteiger partial charge on any atom is 0.253 e. The van der Waals surface area contributed by atoms with Gasteiger partial charge in [0, 0.05) is 17.5 Å². The van der Waals surface area contributed by atoms with Crippen LogP contribution in [0.25, 0.3) is 0 Å². The second-order valence-electron chi connectivity index (χ2n) is 4.75. The molecule has 1 amide bonds. The summed E-state index contributed by atoms with van der Waals surface area (Å²) in [6, 6.07) is 17.3. The Hall–Kier alpha value is -2.62. The molecule has 1 aliphatic rings. The van der Waals surface area contributed by atoms with Crippen LogP contribution in [0.5, 0.6) is 0 Å². The molecule has 0 aromatic heterocycles. The number of rotatable bonds is 3. The van der Waals surface area contributed by atoms with Gasteiger partial charge in [-0.2, -0.15) is 0 Å². The summed E-state index contributed by atoms with van der Waals surface area (Å²) in [6.45, 7) is 0. The number of aliphatic imine (C=N–C) groups is 1. The van der Waals surface area contributed by atoms with Crippen LogP contribution in [0, 0.1) is 0 Å². The largest absolute Gasteiger partial charge is 0.387 e. The summed E-state index contributed by atoms with van der Waals surface area (Å²) in [5, 5.41) is 2.83. The quantitative estimate of drug-likeness (QED) is 0.658. The predicted molar refractivity (Wildman–Crippen MR) is 78.4 cm³/mol. The maximum atomic E-state index is 11.8. The Bertz CT molecular complexity index is 664. The van der Waals surface area contributed by atoms with E-state index >= 15 is 0 Å². The van der Waals surface area contributed by atoms with Crippen LogP contribution in [0.2, 0.25) is 0 Å². The Morgan fingerprint density at radius 2 is 1.80 bits per heavy atom. The Labute approximate surface area is 117 Å². The number of amides is 1. The Kier molecular flexibility index (Phi) is 3.21. The molecular formula is C16H15N3O. The van der Waals surface area contributed by atoms with E-state index in [0.29, 0.717) is 17.8 Å². The monoisotopic (exact) mass is 265 g/mol. The van der Waals surface area contributed by atoms with E-state index in [-0.39, 0.29) is 12.1 Å². The van der Waals surface area contributed by atoms with Crippen LogP contribution >= 0.6 is 0 Å². The van der Waals surface area contributed by atoms with Crippen molar-refractivity contribution in [3.8, 4) is 0 Å². The zero-order valence-electron chi connectivity index (χ0n) is 10.9. The lowest BCUT2D eigenvalue weighted by Crippen LogP contribution is -2.22. The van der Waals surface area contributed by atoms with E-state index in [2.05, 4.69) is 10.3 Å². The lowest BCUT2D eigenvalue weighted by atomic mass is 10.1. The number of carbonyl (C=O) groups excluding carboxylic acids is 1. The normalized spacial score (nSPS) is 17.7. The van der Waals surface area contributed by atoms with Crippen LogP contribution < -0.4 is 11.1 Å². The molecule has 4 heteroatoms. The van der Waals surface area contributed by atoms with Crippen molar-refractivity contribution < 1.29 is 4.79 Å². The molecule has 2 aromatic carbocycles. The van der Waals surface area contributed by atoms with Crippen molar-refractivity contribution in [1.29, 1.82) is 0 Å². The lowest BCUT2D eigenvalue weighted by Gasteiger charge is -2.08. The second kappa shape index (κ2) is 5.17. The molecule has 1 aliphatic heterocycles. The minimum Gasteiger partial charge on any atom is -0.387 e. The predicted octanol–water partition coefficient (Wildman–Crippen LogP) is 2.03. The molecule has 1 atom stereocenters. The van der Waals surface area contributed by atoms with Gasteiger partial charge in [0.15, 0.2) is 0 Å². The molecule has 0 bridgehead atoms. The second-order valence-corrected chi connectivity index (χ2v) is 4.75. The van der Waals surface area contributed by atoms with Crippen molar-refractivity contribution in [1.82, 2.24) is 5.32 Å². The minimum atomic E-state index is -0.373. The van der Waals surface area contributed by atoms with Crippen LogP contribution in [0.15, 0.2) is 59.6 Å². The molecule has 1 unspecified atom stereocenters. The highest BCUT2D eigenvalue weighted by atomic mass is 16.2. The van der Waals surface area contributed by atoms with Crippen LogP contribution in [-0.4, -0.2) is 11.7 Å². The number of nitrogens with zero attached hydrogens (tertiary/aromatic N) is 1. The Morgan fingerprint density at radius 1 is 1.10 bits per heavy atom. The van der Waals surface area contributed by atoms with E-state index in [4.69, 9.17) is 5.73 Å². The summed E-state index contributed by atoms with van der Waals surface area (Å²) >= 11 is 0. The topological polar surface area (TPSA) is 67.5 Å². The smallest absolute Gasteiger partial charge is 0.253 e. The molecule has 100 valence electrons. The summed E-state index contributed by atoms with van der Waals surface area (Å²) in [4.78, 5) is 16.2. The van der Waals surface area contributed by atoms with Crippen LogP contribution in [0.3, 0.4) is 0 Å². The van der Waals surface area contributed by atoms with Gasteiger partial charge in [0.2, 0.25) is 0 Å². The van der Waals surface area contributed by atoms with Gasteiger partial charge in [-0.15, -0.1) is 0 Å². The molecule has 3 N–H and O–H groups in total. The Morgan fingerprint density at radius 3 is 2.60 bits per heavy atom. The highest BCUT2D eigenvalue weighted by molar-refractivity contribution is 5.99. The fourth-order valence-corrected chi connectivity index (χ4v) is 2.34. The third-order valence-corrected chi connectivity index (χ3v) is 3.29. The van der Waals surface area contributed by atoms with Crippen molar-refractivity contribution in [2.24, 2.45) is 10.7 Å². The van der Waals surface area contributed by atoms with Crippen LogP contribution in [0.1, 0.15) is 27.7 Å². The van der Waals surface area contributed by atoms with E-state index in [1.807, 2.05) is 48.5 Å². The van der Waals surface area contributed by atoms with Gasteiger partial charge in [-0.3, -0.25) is 4.79 Å². The summed E-state index contributed by atoms with van der Waals surface area (Å²) in [6.07, 6.45) is 0.206. The molecule has 0 spiro atoms. The van der Waals surface area contributed by atoms with Gasteiger partial charge in [-0.25, -0.2) is 4.99 Å². The number of fused-ring (bicyclic) bond motifs is 1. The molecule has 3 rings (SSSR count). The first-order valence-electron chi connectivity index (χ1n) is 6.50. The molecule has 20 heavy (non-hydrogen) atoms. The first-order chi connectivity index (χ1) is 9.74. The van der Waals surface area contributed by atoms with Crippen LogP contribution in [-0.2, 0) is 6.42 Å². The summed E-state index contributed by atoms with van der Waals surface area (Å²) in [5.41, 5.74) is 8.65. The first kappa shape index (κ1) is 12.4. The standard InChI is InChI=1S/C16H15N3O/c17-14(10-11-6-2-1-3-7-11)18-15-12-8-4-5-9-13(12)16(20)19-15/h1-9,15H,10H2,(H2,17,18)(H,19,20). The van der Waals surface area contributed by atoms with E-state index in [1.54, 1.807) is 6.07 Å². The van der Waals surface area contributed by atoms with Gasteiger partial charge in [0.1, 0.15) is 12.0 Å². The number of hydrogen-bond donors (Lipinski definition) is 2. The van der Waals surface area contributed by atoms with Gasteiger partial charge in [0.25, 0.3) is 5.91 Å². The number of hydrogen-bond acceptors (Lipinski definition) is 2. The number of benzene rings is 2. The number of nitrogens with one attached hydrogen (secondary N) is 1. The fourth-order valence-electron chi connectivity index (χ4n) is 2.34. The van der Waals surface area contributed by atoms with Crippen molar-refractivity contribution in [2.45, 2.75) is 12.6 Å². The van der Waals surface area contributed by atoms with E-state index in [0.717, 1.165) is 11.1 Å². The van der Waals surface area contributed by atoms with Crippen LogP contribution in [0.4, 0.5) is 0 Å². The molecule has 0 aliphatic carbocycles. The molecule has 0 saturated carbocycles. The van der Waals surface area contributed by atoms with Crippen molar-refractivity contribution in [2.75, 3.05) is 0 Å². The van der Waals surface area contributed by atoms with E-state index < -0.39 is 0 Å². The Balaban J connectivity index is 1.81. The number of amidine groups is 1. The lowest BCUT2D eigenvalue weighted by molar-refractivity contribution is 0.0957. The first-order valence-corrected chi connectivity index (χ1v) is 6.50. The van der Waals surface area contributed by atoms with Gasteiger partial charge in [-0.05, 0) is 11.6 Å². The molecule has 0 radical (unpaired) electrons. The third-order valence-electron chi connectivity index (χ3n) is 3.29. The fraction of sp³-hybridized carbons (Fsp3) is 0.125. The summed E-state index contributed by atoms with van der Waals surface area (Å²) < 4.78 is 0. The highest BCUT2D eigenvalue weighted by Gasteiger charge is 2.27. The average molecular weight is 265 g/mol. The summed E-state index contributed by atoms with van der Waals surface area (Å²) in [5.74, 6) is 0.417. The van der Waals surface area contributed by atoms with Crippen molar-refractivity contribution in [3.63, 3.8) is 0 Å². The van der Waals surface area contributed by atoms with Gasteiger partial charge < -0.3 is 11.1 Å². The number of carbonyl (C=O) groups is 1. The average Bonchev–Trinajstić information content (AvgIpc) is 2.77. The molecule has 4 nitrogen and oxygen atoms in total. The van der Waals surface area contributed by atoms with Crippen molar-refractivity contribution >= 4 is 11.7 Å². The summed E-state index contributed by atoms with van der Waals surface area (Å²) in [7, 11) is 0. The number of nitrogens with two attached hydrogens (primary N) is 1. The minimum absolute atomic E-state index is 0.0955. The van der Waals surface area contributed by atoms with Gasteiger partial charge in [0.05, 0.1) is 0 Å². The maximum absolute atomic E-state index is 11.8. The van der Waals surface area contributed by atoms with Gasteiger partial charge >= 0.3 is 0 Å². The zero-order valence-corrected chi connectivity index (χ0v) is 10.9. The van der Waals surface area contributed by atoms with E-state index in [1.165, 1.54) is 0 Å². The molecule has 0 saturated heterocycles. The zero-order chi connectivity index (χ0) is 13.9. The third kappa shape index (κ3) is 2.40. The SMILES string of the molecule is NC(Cc1ccccc1)=NC1NC(=O)c2ccccc21. The van der Waals surface area contributed by atoms with Gasteiger partial charge in [-0.1, -0.05) is 48.5 Å². The van der Waals surface area contributed by atoms with E-state index in [9.17, 15) is 4.79 Å². The van der Waals surface area contributed by atoms with Crippen molar-refractivity contribution in [3.05, 3.63) is 71.3 Å².